The molecule has 3 aliphatic carbocycles. The minimum atomic E-state index is -1.11. The molecule has 1 unspecified atom stereocenters. The van der Waals surface area contributed by atoms with E-state index in [2.05, 4.69) is 29.8 Å². The molecule has 1 heterocycles. The van der Waals surface area contributed by atoms with Crippen LogP contribution in [0.15, 0.2) is 30.3 Å². The van der Waals surface area contributed by atoms with Crippen LogP contribution >= 0.6 is 0 Å². The Hall–Kier alpha value is -3.96. The van der Waals surface area contributed by atoms with E-state index in [1.54, 1.807) is 11.9 Å². The molecule has 1 aromatic rings. The molecule has 1 aliphatic heterocycles. The van der Waals surface area contributed by atoms with Gasteiger partial charge < -0.3 is 31.5 Å². The third-order valence-corrected chi connectivity index (χ3v) is 11.7. The topological polar surface area (TPSA) is 171 Å². The van der Waals surface area contributed by atoms with Gasteiger partial charge in [0.15, 0.2) is 0 Å². The van der Waals surface area contributed by atoms with Crippen molar-refractivity contribution in [2.24, 2.45) is 34.3 Å². The average molecular weight is 679 g/mol. The van der Waals surface area contributed by atoms with Crippen LogP contribution in [0.5, 0.6) is 0 Å². The van der Waals surface area contributed by atoms with Gasteiger partial charge in [-0.25, -0.2) is 4.79 Å². The number of likely N-dealkylation sites (N-methyl/N-ethyl adjacent to an activating group) is 1. The Labute approximate surface area is 289 Å². The van der Waals surface area contributed by atoms with Gasteiger partial charge in [-0.3, -0.25) is 24.0 Å². The zero-order valence-corrected chi connectivity index (χ0v) is 29.8. The highest BCUT2D eigenvalue weighted by Crippen LogP contribution is 2.65. The average Bonchev–Trinajstić information content (AvgIpc) is 3.32. The van der Waals surface area contributed by atoms with Crippen LogP contribution in [0.3, 0.4) is 0 Å². The van der Waals surface area contributed by atoms with E-state index in [1.807, 2.05) is 51.1 Å². The number of nitrogens with zero attached hydrogens (tertiary/aromatic N) is 2. The highest BCUT2D eigenvalue weighted by Gasteiger charge is 2.70. The number of carbonyl (C=O) groups excluding carboxylic acids is 6. The number of piperidine rings is 1. The third kappa shape index (κ3) is 7.33. The Balaban J connectivity index is 1.34. The first kappa shape index (κ1) is 36.3. The van der Waals surface area contributed by atoms with Crippen LogP contribution in [-0.4, -0.2) is 82.5 Å². The summed E-state index contributed by atoms with van der Waals surface area (Å²) in [4.78, 5) is 84.0. The molecule has 5 atom stereocenters. The van der Waals surface area contributed by atoms with E-state index in [9.17, 15) is 28.8 Å². The lowest BCUT2D eigenvalue weighted by Crippen LogP contribution is -2.65. The van der Waals surface area contributed by atoms with E-state index < -0.39 is 58.6 Å². The molecule has 12 heteroatoms. The molecular formula is C37H54N6O6. The number of carbonyl (C=O) groups is 6. The Morgan fingerprint density at radius 1 is 0.959 bits per heavy atom. The first-order valence-corrected chi connectivity index (χ1v) is 17.8. The van der Waals surface area contributed by atoms with Crippen molar-refractivity contribution in [2.45, 2.75) is 116 Å². The van der Waals surface area contributed by atoms with E-state index in [0.29, 0.717) is 38.8 Å². The van der Waals surface area contributed by atoms with Crippen LogP contribution in [0, 0.1) is 28.6 Å². The summed E-state index contributed by atoms with van der Waals surface area (Å²) in [6.45, 7) is 10.4. The number of benzene rings is 1. The molecule has 0 spiro atoms. The number of primary amides is 1. The molecule has 1 aromatic carbocycles. The maximum absolute atomic E-state index is 14.5. The standard InChI is InChI=1S/C37H54N6O6/c1-35(2,3)29(40-34(49)41-37(18-11-8-12-19-37)33(48)42(6)20-22-14-9-7-10-15-22)32(47)43-21-24-25(36(24,4)5)27(43)31(46)39-26(23-16-13-17-23)28(44)30(38)45/h7,9-10,14-15,23-27,29H,8,11-13,16-21H2,1-6H3,(H2,38,45)(H,39,46)(H2,40,41,49)/t24-,25-,26?,27-,29+/m0/s1. The quantitative estimate of drug-likeness (QED) is 0.262. The van der Waals surface area contributed by atoms with Gasteiger partial charge in [0.2, 0.25) is 23.5 Å². The summed E-state index contributed by atoms with van der Waals surface area (Å²) in [6, 6.07) is 6.15. The molecule has 268 valence electrons. The Bertz CT molecular complexity index is 1460. The Kier molecular flexibility index (Phi) is 10.2. The molecule has 4 aliphatic rings. The van der Waals surface area contributed by atoms with Gasteiger partial charge in [-0.2, -0.15) is 0 Å². The van der Waals surface area contributed by atoms with Crippen LogP contribution < -0.4 is 21.7 Å². The predicted octanol–water partition coefficient (Wildman–Crippen LogP) is 2.88. The summed E-state index contributed by atoms with van der Waals surface area (Å²) in [5.41, 5.74) is 4.27. The molecule has 5 N–H and O–H groups in total. The van der Waals surface area contributed by atoms with Crippen molar-refractivity contribution < 1.29 is 28.8 Å². The van der Waals surface area contributed by atoms with Gasteiger partial charge in [0.05, 0.1) is 0 Å². The number of amides is 6. The van der Waals surface area contributed by atoms with Crippen molar-refractivity contribution in [2.75, 3.05) is 13.6 Å². The fourth-order valence-corrected chi connectivity index (χ4v) is 8.42. The smallest absolute Gasteiger partial charge is 0.316 e. The van der Waals surface area contributed by atoms with Crippen LogP contribution in [0.4, 0.5) is 4.79 Å². The van der Waals surface area contributed by atoms with E-state index in [0.717, 1.165) is 31.2 Å². The van der Waals surface area contributed by atoms with Crippen LogP contribution in [-0.2, 0) is 30.5 Å². The van der Waals surface area contributed by atoms with Gasteiger partial charge in [-0.05, 0) is 59.8 Å². The SMILES string of the molecule is CN(Cc1ccccc1)C(=O)C1(NC(=O)N[C@H](C(=O)N2C[C@H]3[C@@H]([C@H]2C(=O)NC(C(=O)C(N)=O)C2CCC2)C3(C)C)C(C)(C)C)CCCCC1. The first-order valence-electron chi connectivity index (χ1n) is 17.8. The first-order chi connectivity index (χ1) is 23.0. The zero-order chi connectivity index (χ0) is 35.9. The van der Waals surface area contributed by atoms with Crippen LogP contribution in [0.25, 0.3) is 0 Å². The molecule has 5 rings (SSSR count). The predicted molar refractivity (Wildman–Crippen MR) is 183 cm³/mol. The third-order valence-electron chi connectivity index (χ3n) is 11.7. The Morgan fingerprint density at radius 2 is 1.59 bits per heavy atom. The van der Waals surface area contributed by atoms with Crippen LogP contribution in [0.1, 0.15) is 91.5 Å². The summed E-state index contributed by atoms with van der Waals surface area (Å²) in [7, 11) is 1.74. The number of hydrogen-bond acceptors (Lipinski definition) is 6. The molecule has 3 saturated carbocycles. The molecule has 0 radical (unpaired) electrons. The lowest BCUT2D eigenvalue weighted by atomic mass is 9.78. The van der Waals surface area contributed by atoms with Crippen molar-refractivity contribution >= 4 is 35.4 Å². The van der Waals surface area contributed by atoms with Crippen molar-refractivity contribution in [3.8, 4) is 0 Å². The van der Waals surface area contributed by atoms with Crippen molar-refractivity contribution in [1.82, 2.24) is 25.8 Å². The monoisotopic (exact) mass is 678 g/mol. The molecular weight excluding hydrogens is 624 g/mol. The van der Waals surface area contributed by atoms with E-state index in [4.69, 9.17) is 5.73 Å². The van der Waals surface area contributed by atoms with Gasteiger partial charge in [0.25, 0.3) is 5.91 Å². The molecule has 49 heavy (non-hydrogen) atoms. The summed E-state index contributed by atoms with van der Waals surface area (Å²) >= 11 is 0. The molecule has 12 nitrogen and oxygen atoms in total. The maximum Gasteiger partial charge on any atom is 0.316 e. The number of hydrogen-bond donors (Lipinski definition) is 4. The molecule has 4 fully saturated rings. The summed E-state index contributed by atoms with van der Waals surface area (Å²) < 4.78 is 0. The number of fused-ring (bicyclic) bond motifs is 1. The summed E-state index contributed by atoms with van der Waals surface area (Å²) in [6.07, 6.45) is 5.82. The number of ketones is 1. The van der Waals surface area contributed by atoms with Gasteiger partial charge >= 0.3 is 6.03 Å². The van der Waals surface area contributed by atoms with Crippen molar-refractivity contribution in [3.05, 3.63) is 35.9 Å². The second-order valence-corrected chi connectivity index (χ2v) is 16.5. The number of nitrogens with one attached hydrogen (secondary N) is 3. The van der Waals surface area contributed by atoms with Gasteiger partial charge in [0, 0.05) is 20.1 Å². The van der Waals surface area contributed by atoms with Crippen molar-refractivity contribution in [1.29, 1.82) is 0 Å². The lowest BCUT2D eigenvalue weighted by Gasteiger charge is -2.41. The molecule has 1 saturated heterocycles. The van der Waals surface area contributed by atoms with Gasteiger partial charge in [-0.1, -0.05) is 90.6 Å². The summed E-state index contributed by atoms with van der Waals surface area (Å²) in [5.74, 6) is -3.22. The number of rotatable bonds is 11. The molecule has 0 aromatic heterocycles. The Morgan fingerprint density at radius 3 is 2.14 bits per heavy atom. The lowest BCUT2D eigenvalue weighted by molar-refractivity contribution is -0.145. The second kappa shape index (κ2) is 13.7. The normalized spacial score (nSPS) is 25.1. The van der Waals surface area contributed by atoms with Gasteiger partial charge in [-0.15, -0.1) is 0 Å². The number of nitrogens with two attached hydrogens (primary N) is 1. The van der Waals surface area contributed by atoms with Gasteiger partial charge in [0.1, 0.15) is 23.7 Å². The highest BCUT2D eigenvalue weighted by molar-refractivity contribution is 6.38. The van der Waals surface area contributed by atoms with E-state index in [1.165, 1.54) is 4.90 Å². The second-order valence-electron chi connectivity index (χ2n) is 16.5. The van der Waals surface area contributed by atoms with E-state index in [-0.39, 0.29) is 29.1 Å². The molecule has 0 bridgehead atoms. The fourth-order valence-electron chi connectivity index (χ4n) is 8.42. The van der Waals surface area contributed by atoms with Crippen molar-refractivity contribution in [3.63, 3.8) is 0 Å². The number of likely N-dealkylation sites (tertiary alicyclic amines) is 1. The number of Topliss-reactive ketones (excluding diaryl/α,β-unsaturated/α-hetero) is 1. The largest absolute Gasteiger partial charge is 0.363 e. The maximum atomic E-state index is 14.5. The van der Waals surface area contributed by atoms with E-state index >= 15 is 0 Å². The highest BCUT2D eigenvalue weighted by atomic mass is 16.2. The zero-order valence-electron chi connectivity index (χ0n) is 29.8. The number of urea groups is 1. The minimum absolute atomic E-state index is 0.0684. The van der Waals surface area contributed by atoms with Crippen LogP contribution in [0.2, 0.25) is 0 Å². The summed E-state index contributed by atoms with van der Waals surface area (Å²) in [5, 5.41) is 8.74. The fraction of sp³-hybridized carbons (Fsp3) is 0.676. The molecule has 6 amide bonds. The minimum Gasteiger partial charge on any atom is -0.363 e.